The average molecular weight is 259 g/mol. The van der Waals surface area contributed by atoms with Gasteiger partial charge in [0, 0.05) is 32.2 Å². The summed E-state index contributed by atoms with van der Waals surface area (Å²) in [6.07, 6.45) is 1.05. The molecule has 0 bridgehead atoms. The number of nitrogens with zero attached hydrogens (tertiary/aromatic N) is 2. The third kappa shape index (κ3) is 1.90. The number of nitrogens with two attached hydrogens (primary N) is 1. The lowest BCUT2D eigenvalue weighted by atomic mass is 10.0. The first-order chi connectivity index (χ1) is 9.08. The van der Waals surface area contributed by atoms with E-state index in [9.17, 15) is 9.59 Å². The monoisotopic (exact) mass is 259 g/mol. The molecule has 19 heavy (non-hydrogen) atoms. The quantitative estimate of drug-likeness (QED) is 0.596. The van der Waals surface area contributed by atoms with Gasteiger partial charge >= 0.3 is 0 Å². The minimum atomic E-state index is -0.200. The van der Waals surface area contributed by atoms with Crippen LogP contribution in [0, 0.1) is 0 Å². The van der Waals surface area contributed by atoms with Gasteiger partial charge in [0.25, 0.3) is 0 Å². The number of imide groups is 1. The van der Waals surface area contributed by atoms with Gasteiger partial charge in [-0.15, -0.1) is 0 Å². The fraction of sp³-hybridized carbons (Fsp3) is 0.429. The third-order valence-corrected chi connectivity index (χ3v) is 4.11. The van der Waals surface area contributed by atoms with Crippen LogP contribution in [0.4, 0.5) is 5.69 Å². The number of likely N-dealkylation sites (tertiary alicyclic amines) is 1. The van der Waals surface area contributed by atoms with E-state index in [0.29, 0.717) is 19.4 Å². The predicted molar refractivity (Wildman–Crippen MR) is 70.9 cm³/mol. The zero-order valence-electron chi connectivity index (χ0n) is 10.9. The molecule has 5 heteroatoms. The molecule has 1 saturated heterocycles. The standard InChI is InChI=1S/C14H17N3O2/c1-16-13(18)6-5-12(14(16)19)17-7-9-3-2-4-11(15)10(9)8-17/h2-4,12H,5-8,15H2,1H3. The number of likely N-dealkylation sites (N-methyl/N-ethyl adjacent to an activating group) is 1. The largest absolute Gasteiger partial charge is 0.398 e. The number of nitrogen functional groups attached to an aromatic ring is 1. The van der Waals surface area contributed by atoms with Crippen LogP contribution in [0.15, 0.2) is 18.2 Å². The minimum absolute atomic E-state index is 0.0857. The van der Waals surface area contributed by atoms with Crippen molar-refractivity contribution in [1.82, 2.24) is 9.80 Å². The Morgan fingerprint density at radius 3 is 2.79 bits per heavy atom. The van der Waals surface area contributed by atoms with Crippen molar-refractivity contribution in [2.24, 2.45) is 0 Å². The molecule has 0 radical (unpaired) electrons. The van der Waals surface area contributed by atoms with Crippen LogP contribution in [-0.4, -0.2) is 34.7 Å². The Balaban J connectivity index is 1.82. The van der Waals surface area contributed by atoms with E-state index in [0.717, 1.165) is 17.8 Å². The molecule has 3 rings (SSSR count). The minimum Gasteiger partial charge on any atom is -0.398 e. The van der Waals surface area contributed by atoms with Crippen LogP contribution in [0.1, 0.15) is 24.0 Å². The van der Waals surface area contributed by atoms with Crippen LogP contribution >= 0.6 is 0 Å². The van der Waals surface area contributed by atoms with Crippen LogP contribution < -0.4 is 5.73 Å². The molecule has 2 heterocycles. The van der Waals surface area contributed by atoms with Gasteiger partial charge in [-0.05, 0) is 23.6 Å². The summed E-state index contributed by atoms with van der Waals surface area (Å²) in [5.41, 5.74) is 9.06. The lowest BCUT2D eigenvalue weighted by Gasteiger charge is -2.33. The van der Waals surface area contributed by atoms with Gasteiger partial charge in [-0.3, -0.25) is 19.4 Å². The van der Waals surface area contributed by atoms with Crippen molar-refractivity contribution in [3.63, 3.8) is 0 Å². The van der Waals surface area contributed by atoms with Gasteiger partial charge in [0.05, 0.1) is 6.04 Å². The molecule has 1 aromatic carbocycles. The molecular formula is C14H17N3O2. The normalized spacial score (nSPS) is 23.8. The van der Waals surface area contributed by atoms with Crippen LogP contribution in [0.3, 0.4) is 0 Å². The number of benzene rings is 1. The van der Waals surface area contributed by atoms with E-state index in [1.54, 1.807) is 7.05 Å². The number of piperidine rings is 1. The summed E-state index contributed by atoms with van der Waals surface area (Å²) in [4.78, 5) is 27.1. The predicted octanol–water partition coefficient (Wildman–Crippen LogP) is 0.732. The summed E-state index contributed by atoms with van der Waals surface area (Å²) in [7, 11) is 1.56. The molecule has 1 atom stereocenters. The highest BCUT2D eigenvalue weighted by Gasteiger charge is 2.38. The maximum absolute atomic E-state index is 12.2. The molecule has 0 saturated carbocycles. The number of carbonyl (C=O) groups excluding carboxylic acids is 2. The first-order valence-electron chi connectivity index (χ1n) is 6.48. The maximum Gasteiger partial charge on any atom is 0.246 e. The smallest absolute Gasteiger partial charge is 0.246 e. The second kappa shape index (κ2) is 4.35. The van der Waals surface area contributed by atoms with E-state index in [4.69, 9.17) is 5.73 Å². The number of hydrogen-bond donors (Lipinski definition) is 1. The Morgan fingerprint density at radius 2 is 2.05 bits per heavy atom. The zero-order valence-corrected chi connectivity index (χ0v) is 10.9. The Morgan fingerprint density at radius 1 is 1.26 bits per heavy atom. The topological polar surface area (TPSA) is 66.6 Å². The molecule has 2 aliphatic rings. The van der Waals surface area contributed by atoms with Crippen LogP contribution in [0.5, 0.6) is 0 Å². The summed E-state index contributed by atoms with van der Waals surface area (Å²) in [6, 6.07) is 5.68. The fourth-order valence-electron chi connectivity index (χ4n) is 2.93. The highest BCUT2D eigenvalue weighted by Crippen LogP contribution is 2.31. The van der Waals surface area contributed by atoms with E-state index in [2.05, 4.69) is 4.90 Å². The van der Waals surface area contributed by atoms with E-state index < -0.39 is 0 Å². The molecule has 1 fully saturated rings. The number of anilines is 1. The summed E-state index contributed by atoms with van der Waals surface area (Å²) < 4.78 is 0. The van der Waals surface area contributed by atoms with Crippen molar-refractivity contribution < 1.29 is 9.59 Å². The molecule has 0 spiro atoms. The van der Waals surface area contributed by atoms with Gasteiger partial charge in [0.2, 0.25) is 11.8 Å². The SMILES string of the molecule is CN1C(=O)CCC(N2Cc3cccc(N)c3C2)C1=O. The Labute approximate surface area is 112 Å². The lowest BCUT2D eigenvalue weighted by Crippen LogP contribution is -2.51. The summed E-state index contributed by atoms with van der Waals surface area (Å²) in [5, 5.41) is 0. The van der Waals surface area contributed by atoms with Crippen molar-refractivity contribution in [2.45, 2.75) is 32.0 Å². The van der Waals surface area contributed by atoms with Crippen molar-refractivity contribution in [3.05, 3.63) is 29.3 Å². The Bertz CT molecular complexity index is 556. The van der Waals surface area contributed by atoms with E-state index in [-0.39, 0.29) is 17.9 Å². The van der Waals surface area contributed by atoms with Gasteiger partial charge in [-0.25, -0.2) is 0 Å². The van der Waals surface area contributed by atoms with Crippen molar-refractivity contribution >= 4 is 17.5 Å². The summed E-state index contributed by atoms with van der Waals surface area (Å²) >= 11 is 0. The fourth-order valence-corrected chi connectivity index (χ4v) is 2.93. The number of hydrogen-bond acceptors (Lipinski definition) is 4. The van der Waals surface area contributed by atoms with Crippen LogP contribution in [-0.2, 0) is 22.7 Å². The van der Waals surface area contributed by atoms with Crippen molar-refractivity contribution in [1.29, 1.82) is 0 Å². The van der Waals surface area contributed by atoms with Crippen LogP contribution in [0.2, 0.25) is 0 Å². The van der Waals surface area contributed by atoms with Gasteiger partial charge < -0.3 is 5.73 Å². The van der Waals surface area contributed by atoms with Crippen LogP contribution in [0.25, 0.3) is 0 Å². The number of fused-ring (bicyclic) bond motifs is 1. The van der Waals surface area contributed by atoms with E-state index >= 15 is 0 Å². The highest BCUT2D eigenvalue weighted by atomic mass is 16.2. The number of amides is 2. The van der Waals surface area contributed by atoms with Gasteiger partial charge in [-0.1, -0.05) is 12.1 Å². The molecule has 0 aromatic heterocycles. The Hall–Kier alpha value is -1.88. The summed E-state index contributed by atoms with van der Waals surface area (Å²) in [6.45, 7) is 1.43. The highest BCUT2D eigenvalue weighted by molar-refractivity contribution is 6.00. The molecule has 2 amide bonds. The maximum atomic E-state index is 12.2. The molecule has 1 aromatic rings. The van der Waals surface area contributed by atoms with Gasteiger partial charge in [-0.2, -0.15) is 0 Å². The van der Waals surface area contributed by atoms with E-state index in [1.165, 1.54) is 10.5 Å². The second-order valence-corrected chi connectivity index (χ2v) is 5.24. The second-order valence-electron chi connectivity index (χ2n) is 5.24. The number of carbonyl (C=O) groups is 2. The molecule has 2 N–H and O–H groups in total. The molecule has 5 nitrogen and oxygen atoms in total. The van der Waals surface area contributed by atoms with E-state index in [1.807, 2.05) is 18.2 Å². The molecule has 0 aliphatic carbocycles. The van der Waals surface area contributed by atoms with Crippen molar-refractivity contribution in [3.8, 4) is 0 Å². The molecule has 1 unspecified atom stereocenters. The zero-order chi connectivity index (χ0) is 13.6. The third-order valence-electron chi connectivity index (χ3n) is 4.11. The average Bonchev–Trinajstić information content (AvgIpc) is 2.81. The van der Waals surface area contributed by atoms with Gasteiger partial charge in [0.1, 0.15) is 0 Å². The number of rotatable bonds is 1. The molecular weight excluding hydrogens is 242 g/mol. The lowest BCUT2D eigenvalue weighted by molar-refractivity contribution is -0.151. The first-order valence-corrected chi connectivity index (χ1v) is 6.48. The molecule has 2 aliphatic heterocycles. The van der Waals surface area contributed by atoms with Crippen molar-refractivity contribution in [2.75, 3.05) is 12.8 Å². The summed E-state index contributed by atoms with van der Waals surface area (Å²) in [5.74, 6) is -0.180. The Kier molecular flexibility index (Phi) is 2.78. The molecule has 100 valence electrons. The first kappa shape index (κ1) is 12.2. The van der Waals surface area contributed by atoms with Gasteiger partial charge in [0.15, 0.2) is 0 Å².